The lowest BCUT2D eigenvalue weighted by Gasteiger charge is -2.20. The molecule has 156 valence electrons. The summed E-state index contributed by atoms with van der Waals surface area (Å²) in [6.45, 7) is 3.77. The molecule has 1 aromatic carbocycles. The Bertz CT molecular complexity index is 1290. The lowest BCUT2D eigenvalue weighted by atomic mass is 10.0. The summed E-state index contributed by atoms with van der Waals surface area (Å²) in [5.74, 6) is -1.11. The number of primary sulfonamides is 1. The van der Waals surface area contributed by atoms with Gasteiger partial charge >= 0.3 is 5.69 Å². The topological polar surface area (TPSA) is 113 Å². The van der Waals surface area contributed by atoms with Crippen LogP contribution in [0.2, 0.25) is 0 Å². The van der Waals surface area contributed by atoms with Gasteiger partial charge in [-0.1, -0.05) is 18.3 Å². The first-order chi connectivity index (χ1) is 13.4. The zero-order valence-corrected chi connectivity index (χ0v) is 16.9. The van der Waals surface area contributed by atoms with E-state index in [2.05, 4.69) is 10.2 Å². The number of nitrogens with two attached hydrogens (primary N) is 1. The monoisotopic (exact) mass is 447 g/mol. The van der Waals surface area contributed by atoms with E-state index in [9.17, 15) is 26.4 Å². The minimum atomic E-state index is -4.42. The number of rotatable bonds is 5. The van der Waals surface area contributed by atoms with Crippen molar-refractivity contribution in [3.8, 4) is 5.13 Å². The van der Waals surface area contributed by atoms with Crippen molar-refractivity contribution >= 4 is 32.4 Å². The van der Waals surface area contributed by atoms with Crippen molar-refractivity contribution in [1.29, 1.82) is 0 Å². The van der Waals surface area contributed by atoms with Gasteiger partial charge in [-0.3, -0.25) is 4.57 Å². The van der Waals surface area contributed by atoms with Crippen LogP contribution in [-0.4, -0.2) is 27.7 Å². The minimum absolute atomic E-state index is 0.00603. The maximum absolute atomic E-state index is 14.5. The molecule has 13 heteroatoms. The van der Waals surface area contributed by atoms with Crippen LogP contribution < -0.4 is 10.8 Å². The van der Waals surface area contributed by atoms with Crippen LogP contribution in [0.3, 0.4) is 0 Å². The maximum Gasteiger partial charge on any atom is 0.335 e. The average Bonchev–Trinajstić information content (AvgIpc) is 3.08. The van der Waals surface area contributed by atoms with Crippen molar-refractivity contribution in [2.75, 3.05) is 0 Å². The highest BCUT2D eigenvalue weighted by Gasteiger charge is 2.45. The summed E-state index contributed by atoms with van der Waals surface area (Å²) < 4.78 is 66.2. The van der Waals surface area contributed by atoms with E-state index in [0.717, 1.165) is 29.5 Å². The molecule has 1 atom stereocenters. The number of hydrogen-bond donors (Lipinski definition) is 1. The zero-order valence-electron chi connectivity index (χ0n) is 15.3. The van der Waals surface area contributed by atoms with Crippen molar-refractivity contribution in [3.63, 3.8) is 0 Å². The smallest absolute Gasteiger partial charge is 0.288 e. The van der Waals surface area contributed by atoms with Gasteiger partial charge in [-0.2, -0.15) is 0 Å². The number of fused-ring (bicyclic) bond motifs is 1. The van der Waals surface area contributed by atoms with Gasteiger partial charge in [-0.15, -0.1) is 10.2 Å². The highest BCUT2D eigenvalue weighted by molar-refractivity contribution is 7.89. The molecule has 0 spiro atoms. The number of imidazole rings is 1. The van der Waals surface area contributed by atoms with Crippen LogP contribution in [0.4, 0.5) is 13.2 Å². The maximum atomic E-state index is 14.5. The molecule has 0 saturated heterocycles. The summed E-state index contributed by atoms with van der Waals surface area (Å²) in [6, 6.07) is 1.49. The molecule has 0 aliphatic heterocycles. The van der Waals surface area contributed by atoms with Gasteiger partial charge in [0.2, 0.25) is 15.2 Å². The van der Waals surface area contributed by atoms with E-state index in [1.165, 1.54) is 4.57 Å². The van der Waals surface area contributed by atoms with Crippen molar-refractivity contribution in [1.82, 2.24) is 19.3 Å². The molecule has 1 aliphatic rings. The second-order valence-corrected chi connectivity index (χ2v) is 9.88. The van der Waals surface area contributed by atoms with Crippen LogP contribution in [0.25, 0.3) is 16.2 Å². The molecule has 1 fully saturated rings. The summed E-state index contributed by atoms with van der Waals surface area (Å²) in [4.78, 5) is 12.4. The van der Waals surface area contributed by atoms with Gasteiger partial charge in [0.1, 0.15) is 10.7 Å². The van der Waals surface area contributed by atoms with Crippen LogP contribution in [-0.2, 0) is 10.0 Å². The Morgan fingerprint density at radius 1 is 1.24 bits per heavy atom. The Balaban J connectivity index is 2.07. The molecule has 2 N–H and O–H groups in total. The number of nitrogens with zero attached hydrogens (tertiary/aromatic N) is 4. The van der Waals surface area contributed by atoms with E-state index in [4.69, 9.17) is 5.14 Å². The molecule has 29 heavy (non-hydrogen) atoms. The first kappa shape index (κ1) is 20.0. The first-order valence-electron chi connectivity index (χ1n) is 8.55. The fraction of sp³-hybridized carbons (Fsp3) is 0.438. The molecule has 0 bridgehead atoms. The molecule has 0 amide bonds. The summed E-state index contributed by atoms with van der Waals surface area (Å²) in [7, 11) is -4.42. The van der Waals surface area contributed by atoms with Crippen LogP contribution >= 0.6 is 11.3 Å². The largest absolute Gasteiger partial charge is 0.335 e. The van der Waals surface area contributed by atoms with Crippen LogP contribution in [0.5, 0.6) is 0 Å². The van der Waals surface area contributed by atoms with Gasteiger partial charge < -0.3 is 0 Å². The van der Waals surface area contributed by atoms with E-state index in [-0.39, 0.29) is 27.6 Å². The molecule has 1 unspecified atom stereocenters. The van der Waals surface area contributed by atoms with Gasteiger partial charge in [0, 0.05) is 12.1 Å². The number of halogens is 3. The van der Waals surface area contributed by atoms with E-state index in [0.29, 0.717) is 11.3 Å². The lowest BCUT2D eigenvalue weighted by molar-refractivity contribution is 0.150. The fourth-order valence-electron chi connectivity index (χ4n) is 3.33. The number of sulfonamides is 1. The predicted octanol–water partition coefficient (Wildman–Crippen LogP) is 2.73. The van der Waals surface area contributed by atoms with Crippen LogP contribution in [0.15, 0.2) is 21.8 Å². The van der Waals surface area contributed by atoms with Gasteiger partial charge in [-0.25, -0.2) is 36.1 Å². The third-order valence-corrected chi connectivity index (χ3v) is 7.32. The molecule has 0 radical (unpaired) electrons. The lowest BCUT2D eigenvalue weighted by Crippen LogP contribution is -2.29. The Morgan fingerprint density at radius 3 is 2.41 bits per heavy atom. The Hall–Kier alpha value is -2.25. The minimum Gasteiger partial charge on any atom is -0.288 e. The van der Waals surface area contributed by atoms with Gasteiger partial charge in [0.25, 0.3) is 6.43 Å². The number of benzene rings is 1. The standard InChI is InChI=1S/C16H16F3N5O3S2/c1-7(16(2)3-4-16)23-9-5-8(17)11(29(20,26)27)6-10(9)24(15(23)25)14-22-21-13(28-14)12(18)19/h5-7,12H,3-4H2,1-2H3,(H2,20,26,27). The molecule has 1 saturated carbocycles. The SMILES string of the molecule is CC(n1c(=O)n(-c2nnc(C(F)F)s2)c2cc(S(N)(=O)=O)c(F)cc21)C1(C)CC1. The van der Waals surface area contributed by atoms with Crippen molar-refractivity contribution < 1.29 is 21.6 Å². The summed E-state index contributed by atoms with van der Waals surface area (Å²) >= 11 is 0.492. The normalized spacial score (nSPS) is 17.2. The second kappa shape index (κ2) is 6.37. The molecular formula is C16H16F3N5O3S2. The highest BCUT2D eigenvalue weighted by atomic mass is 32.2. The summed E-state index contributed by atoms with van der Waals surface area (Å²) in [5.41, 5.74) is -0.723. The Labute approximate surface area is 166 Å². The van der Waals surface area contributed by atoms with Crippen molar-refractivity contribution in [3.05, 3.63) is 33.4 Å². The summed E-state index contributed by atoms with van der Waals surface area (Å²) in [5, 5.41) is 11.3. The molecule has 2 heterocycles. The van der Waals surface area contributed by atoms with Crippen molar-refractivity contribution in [2.45, 2.75) is 44.1 Å². The first-order valence-corrected chi connectivity index (χ1v) is 10.9. The van der Waals surface area contributed by atoms with E-state index < -0.39 is 37.9 Å². The predicted molar refractivity (Wildman–Crippen MR) is 99.3 cm³/mol. The zero-order chi connectivity index (χ0) is 21.3. The molecule has 8 nitrogen and oxygen atoms in total. The third-order valence-electron chi connectivity index (χ3n) is 5.48. The number of hydrogen-bond acceptors (Lipinski definition) is 6. The van der Waals surface area contributed by atoms with E-state index in [1.807, 2.05) is 6.92 Å². The van der Waals surface area contributed by atoms with Gasteiger partial charge in [-0.05, 0) is 31.2 Å². The third kappa shape index (κ3) is 3.16. The molecule has 1 aliphatic carbocycles. The Morgan fingerprint density at radius 2 is 1.90 bits per heavy atom. The number of aromatic nitrogens is 4. The average molecular weight is 447 g/mol. The second-order valence-electron chi connectivity index (χ2n) is 7.36. The van der Waals surface area contributed by atoms with Crippen molar-refractivity contribution in [2.24, 2.45) is 10.6 Å². The van der Waals surface area contributed by atoms with E-state index >= 15 is 0 Å². The summed E-state index contributed by atoms with van der Waals surface area (Å²) in [6.07, 6.45) is -1.16. The molecular weight excluding hydrogens is 431 g/mol. The van der Waals surface area contributed by atoms with Gasteiger partial charge in [0.15, 0.2) is 5.01 Å². The quantitative estimate of drug-likeness (QED) is 0.646. The van der Waals surface area contributed by atoms with Gasteiger partial charge in [0.05, 0.1) is 11.0 Å². The Kier molecular flexibility index (Phi) is 4.40. The van der Waals surface area contributed by atoms with Crippen LogP contribution in [0, 0.1) is 11.2 Å². The fourth-order valence-corrected chi connectivity index (χ4v) is 4.64. The molecule has 2 aromatic heterocycles. The van der Waals surface area contributed by atoms with E-state index in [1.54, 1.807) is 6.92 Å². The molecule has 3 aromatic rings. The molecule has 4 rings (SSSR count). The number of alkyl halides is 2. The van der Waals surface area contributed by atoms with Crippen LogP contribution in [0.1, 0.15) is 44.2 Å². The highest BCUT2D eigenvalue weighted by Crippen LogP contribution is 2.53.